The van der Waals surface area contributed by atoms with Gasteiger partial charge in [-0.05, 0) is 49.7 Å². The normalized spacial score (nSPS) is 21.3. The second-order valence-corrected chi connectivity index (χ2v) is 7.98. The highest BCUT2D eigenvalue weighted by Gasteiger charge is 2.28. The number of carbonyl (C=O) groups is 1. The van der Waals surface area contributed by atoms with Gasteiger partial charge in [0.1, 0.15) is 0 Å². The Balaban J connectivity index is 1.58. The van der Waals surface area contributed by atoms with Gasteiger partial charge in [-0.15, -0.1) is 0 Å². The van der Waals surface area contributed by atoms with Crippen molar-refractivity contribution in [1.82, 2.24) is 14.9 Å². The van der Waals surface area contributed by atoms with E-state index in [9.17, 15) is 14.7 Å². The smallest absolute Gasteiger partial charge is 0.261 e. The summed E-state index contributed by atoms with van der Waals surface area (Å²) < 4.78 is 1.70. The van der Waals surface area contributed by atoms with Crippen molar-refractivity contribution in [2.24, 2.45) is 17.8 Å². The molecule has 1 aliphatic carbocycles. The summed E-state index contributed by atoms with van der Waals surface area (Å²) >= 11 is 0. The minimum absolute atomic E-state index is 0.000463. The average Bonchev–Trinajstić information content (AvgIpc) is 2.68. The molecule has 1 atom stereocenters. The molecule has 0 unspecified atom stereocenters. The Morgan fingerprint density at radius 3 is 2.63 bits per heavy atom. The molecule has 1 aliphatic rings. The SMILES string of the molecule is CC(C)[C@H](CO)NC(=O)C1CCC(Cn2cnc3ccccc3c2=O)CC1. The number of aliphatic hydroxyl groups is 1. The average molecular weight is 371 g/mol. The van der Waals surface area contributed by atoms with E-state index in [1.807, 2.05) is 38.1 Å². The van der Waals surface area contributed by atoms with Gasteiger partial charge >= 0.3 is 0 Å². The molecule has 1 heterocycles. The molecule has 6 heteroatoms. The van der Waals surface area contributed by atoms with Crippen molar-refractivity contribution in [3.8, 4) is 0 Å². The van der Waals surface area contributed by atoms with Crippen molar-refractivity contribution in [2.45, 2.75) is 52.1 Å². The second kappa shape index (κ2) is 8.65. The zero-order valence-corrected chi connectivity index (χ0v) is 16.1. The lowest BCUT2D eigenvalue weighted by atomic mass is 9.81. The lowest BCUT2D eigenvalue weighted by Crippen LogP contribution is -2.44. The fraction of sp³-hybridized carbons (Fsp3) is 0.571. The molecular weight excluding hydrogens is 342 g/mol. The number of hydrogen-bond acceptors (Lipinski definition) is 4. The first-order chi connectivity index (χ1) is 13.0. The van der Waals surface area contributed by atoms with E-state index in [2.05, 4.69) is 10.3 Å². The summed E-state index contributed by atoms with van der Waals surface area (Å²) in [6.07, 6.45) is 5.12. The van der Waals surface area contributed by atoms with E-state index in [-0.39, 0.29) is 36.0 Å². The van der Waals surface area contributed by atoms with Crippen molar-refractivity contribution in [2.75, 3.05) is 6.61 Å². The monoisotopic (exact) mass is 371 g/mol. The van der Waals surface area contributed by atoms with Crippen LogP contribution in [0.25, 0.3) is 10.9 Å². The van der Waals surface area contributed by atoms with E-state index in [1.165, 1.54) is 0 Å². The van der Waals surface area contributed by atoms with Gasteiger partial charge in [0.05, 0.1) is 29.9 Å². The number of rotatable bonds is 6. The van der Waals surface area contributed by atoms with E-state index < -0.39 is 0 Å². The number of para-hydroxylation sites is 1. The van der Waals surface area contributed by atoms with E-state index in [4.69, 9.17) is 0 Å². The van der Waals surface area contributed by atoms with Gasteiger partial charge in [0.15, 0.2) is 0 Å². The number of hydrogen-bond donors (Lipinski definition) is 2. The minimum atomic E-state index is -0.183. The van der Waals surface area contributed by atoms with Gasteiger partial charge < -0.3 is 10.4 Å². The Bertz CT molecular complexity index is 838. The number of nitrogens with one attached hydrogen (secondary N) is 1. The summed E-state index contributed by atoms with van der Waals surface area (Å²) in [6.45, 7) is 4.60. The third-order valence-corrected chi connectivity index (χ3v) is 5.73. The molecule has 0 aliphatic heterocycles. The number of aliphatic hydroxyl groups excluding tert-OH is 1. The molecule has 1 saturated carbocycles. The van der Waals surface area contributed by atoms with Crippen LogP contribution in [0.3, 0.4) is 0 Å². The Labute approximate surface area is 159 Å². The summed E-state index contributed by atoms with van der Waals surface area (Å²) in [7, 11) is 0. The zero-order chi connectivity index (χ0) is 19.4. The highest BCUT2D eigenvalue weighted by Crippen LogP contribution is 2.30. The molecular formula is C21H29N3O3. The van der Waals surface area contributed by atoms with E-state index in [1.54, 1.807) is 10.9 Å². The maximum absolute atomic E-state index is 12.6. The van der Waals surface area contributed by atoms with E-state index >= 15 is 0 Å². The molecule has 0 saturated heterocycles. The van der Waals surface area contributed by atoms with Crippen LogP contribution in [0, 0.1) is 17.8 Å². The van der Waals surface area contributed by atoms with E-state index in [0.29, 0.717) is 17.8 Å². The molecule has 27 heavy (non-hydrogen) atoms. The van der Waals surface area contributed by atoms with Crippen molar-refractivity contribution in [3.63, 3.8) is 0 Å². The standard InChI is InChI=1S/C21H29N3O3/c1-14(2)19(12-25)23-20(26)16-9-7-15(8-10-16)11-24-13-22-18-6-4-3-5-17(18)21(24)27/h3-6,13-16,19,25H,7-12H2,1-2H3,(H,23,26)/t15?,16?,19-/m0/s1. The Hall–Kier alpha value is -2.21. The Morgan fingerprint density at radius 1 is 1.26 bits per heavy atom. The third kappa shape index (κ3) is 4.56. The molecule has 1 amide bonds. The fourth-order valence-electron chi connectivity index (χ4n) is 3.85. The zero-order valence-electron chi connectivity index (χ0n) is 16.1. The number of benzene rings is 1. The van der Waals surface area contributed by atoms with Crippen LogP contribution in [-0.2, 0) is 11.3 Å². The van der Waals surface area contributed by atoms with Crippen LogP contribution in [0.4, 0.5) is 0 Å². The second-order valence-electron chi connectivity index (χ2n) is 7.98. The summed E-state index contributed by atoms with van der Waals surface area (Å²) in [4.78, 5) is 29.5. The van der Waals surface area contributed by atoms with Crippen LogP contribution >= 0.6 is 0 Å². The molecule has 0 bridgehead atoms. The molecule has 2 N–H and O–H groups in total. The first-order valence-corrected chi connectivity index (χ1v) is 9.85. The lowest BCUT2D eigenvalue weighted by Gasteiger charge is -2.30. The van der Waals surface area contributed by atoms with Crippen molar-refractivity contribution in [1.29, 1.82) is 0 Å². The lowest BCUT2D eigenvalue weighted by molar-refractivity contribution is -0.127. The van der Waals surface area contributed by atoms with Gasteiger partial charge in [-0.25, -0.2) is 4.98 Å². The first kappa shape index (κ1) is 19.5. The first-order valence-electron chi connectivity index (χ1n) is 9.85. The predicted molar refractivity (Wildman–Crippen MR) is 105 cm³/mol. The highest BCUT2D eigenvalue weighted by molar-refractivity contribution is 5.79. The van der Waals surface area contributed by atoms with Crippen LogP contribution in [0.15, 0.2) is 35.4 Å². The molecule has 1 aromatic carbocycles. The maximum atomic E-state index is 12.6. The fourth-order valence-corrected chi connectivity index (χ4v) is 3.85. The Kier molecular flexibility index (Phi) is 6.26. The summed E-state index contributed by atoms with van der Waals surface area (Å²) in [5.41, 5.74) is 0.728. The molecule has 1 fully saturated rings. The highest BCUT2D eigenvalue weighted by atomic mass is 16.3. The van der Waals surface area contributed by atoms with E-state index in [0.717, 1.165) is 31.2 Å². The predicted octanol–water partition coefficient (Wildman–Crippen LogP) is 2.34. The van der Waals surface area contributed by atoms with Crippen LogP contribution in [0.2, 0.25) is 0 Å². The van der Waals surface area contributed by atoms with Gasteiger partial charge in [0, 0.05) is 12.5 Å². The number of carbonyl (C=O) groups excluding carboxylic acids is 1. The number of nitrogens with zero attached hydrogens (tertiary/aromatic N) is 2. The van der Waals surface area contributed by atoms with Crippen molar-refractivity contribution < 1.29 is 9.90 Å². The summed E-state index contributed by atoms with van der Waals surface area (Å²) in [5.74, 6) is 0.641. The number of amides is 1. The summed E-state index contributed by atoms with van der Waals surface area (Å²) in [5, 5.41) is 13.0. The molecule has 1 aromatic heterocycles. The number of aromatic nitrogens is 2. The number of fused-ring (bicyclic) bond motifs is 1. The quantitative estimate of drug-likeness (QED) is 0.816. The molecule has 0 spiro atoms. The van der Waals surface area contributed by atoms with Gasteiger partial charge in [0.2, 0.25) is 5.91 Å². The minimum Gasteiger partial charge on any atom is -0.394 e. The van der Waals surface area contributed by atoms with Crippen LogP contribution in [0.5, 0.6) is 0 Å². The van der Waals surface area contributed by atoms with Crippen molar-refractivity contribution in [3.05, 3.63) is 40.9 Å². The molecule has 146 valence electrons. The maximum Gasteiger partial charge on any atom is 0.261 e. The molecule has 6 nitrogen and oxygen atoms in total. The Morgan fingerprint density at radius 2 is 1.96 bits per heavy atom. The van der Waals surface area contributed by atoms with Gasteiger partial charge in [0.25, 0.3) is 5.56 Å². The van der Waals surface area contributed by atoms with Crippen molar-refractivity contribution >= 4 is 16.8 Å². The molecule has 0 radical (unpaired) electrons. The summed E-state index contributed by atoms with van der Waals surface area (Å²) in [6, 6.07) is 7.22. The van der Waals surface area contributed by atoms with Gasteiger partial charge in [-0.2, -0.15) is 0 Å². The van der Waals surface area contributed by atoms with Gasteiger partial charge in [-0.3, -0.25) is 14.2 Å². The largest absolute Gasteiger partial charge is 0.394 e. The molecule has 3 rings (SSSR count). The topological polar surface area (TPSA) is 84.2 Å². The van der Waals surface area contributed by atoms with Crippen LogP contribution in [-0.4, -0.2) is 33.2 Å². The van der Waals surface area contributed by atoms with Crippen LogP contribution < -0.4 is 10.9 Å². The van der Waals surface area contributed by atoms with Crippen LogP contribution in [0.1, 0.15) is 39.5 Å². The third-order valence-electron chi connectivity index (χ3n) is 5.73. The molecule has 2 aromatic rings. The van der Waals surface area contributed by atoms with Gasteiger partial charge in [-0.1, -0.05) is 26.0 Å².